The van der Waals surface area contributed by atoms with Crippen molar-refractivity contribution in [3.05, 3.63) is 63.1 Å². The summed E-state index contributed by atoms with van der Waals surface area (Å²) in [5, 5.41) is 0.771. The lowest BCUT2D eigenvalue weighted by molar-refractivity contribution is 0.414. The van der Waals surface area contributed by atoms with Crippen LogP contribution < -0.4 is 4.74 Å². The highest BCUT2D eigenvalue weighted by Gasteiger charge is 2.13. The number of rotatable bonds is 4. The maximum absolute atomic E-state index is 6.24. The van der Waals surface area contributed by atoms with Crippen molar-refractivity contribution in [2.45, 2.75) is 11.2 Å². The van der Waals surface area contributed by atoms with Crippen molar-refractivity contribution in [2.24, 2.45) is 0 Å². The second kappa shape index (κ2) is 6.78. The van der Waals surface area contributed by atoms with Crippen molar-refractivity contribution >= 4 is 43.5 Å². The van der Waals surface area contributed by atoms with Gasteiger partial charge in [-0.05, 0) is 47.9 Å². The molecule has 0 saturated carbocycles. The van der Waals surface area contributed by atoms with Gasteiger partial charge in [0.1, 0.15) is 5.75 Å². The Hall–Kier alpha value is -0.510. The second-order valence-electron chi connectivity index (χ2n) is 4.19. The van der Waals surface area contributed by atoms with Crippen LogP contribution >= 0.6 is 43.5 Å². The van der Waals surface area contributed by atoms with E-state index in [4.69, 9.17) is 16.3 Å². The van der Waals surface area contributed by atoms with E-state index >= 15 is 0 Å². The molecule has 0 saturated heterocycles. The molecule has 0 aromatic heterocycles. The highest BCUT2D eigenvalue weighted by Crippen LogP contribution is 2.34. The molecule has 0 spiro atoms. The van der Waals surface area contributed by atoms with Gasteiger partial charge >= 0.3 is 0 Å². The topological polar surface area (TPSA) is 9.23 Å². The van der Waals surface area contributed by atoms with E-state index in [1.807, 2.05) is 36.4 Å². The van der Waals surface area contributed by atoms with Gasteiger partial charge in [0.25, 0.3) is 0 Å². The Kier molecular flexibility index (Phi) is 5.31. The Labute approximate surface area is 135 Å². The molecule has 0 amide bonds. The van der Waals surface area contributed by atoms with Crippen molar-refractivity contribution < 1.29 is 4.74 Å². The van der Waals surface area contributed by atoms with Gasteiger partial charge in [0.2, 0.25) is 0 Å². The molecule has 19 heavy (non-hydrogen) atoms. The zero-order valence-corrected chi connectivity index (χ0v) is 14.3. The molecule has 0 bridgehead atoms. The first-order valence-electron chi connectivity index (χ1n) is 5.82. The summed E-state index contributed by atoms with van der Waals surface area (Å²) in [6.45, 7) is 0. The predicted octanol–water partition coefficient (Wildman–Crippen LogP) is 5.79. The molecule has 0 aliphatic rings. The SMILES string of the molecule is COc1cccc(CC(Br)c2cc(Br)ccc2Cl)c1. The lowest BCUT2D eigenvalue weighted by atomic mass is 10.0. The Bertz CT molecular complexity index is 572. The summed E-state index contributed by atoms with van der Waals surface area (Å²) in [5.74, 6) is 0.873. The largest absolute Gasteiger partial charge is 0.497 e. The summed E-state index contributed by atoms with van der Waals surface area (Å²) in [6, 6.07) is 14.0. The van der Waals surface area contributed by atoms with E-state index in [1.54, 1.807) is 7.11 Å². The average molecular weight is 405 g/mol. The van der Waals surface area contributed by atoms with Crippen molar-refractivity contribution in [3.8, 4) is 5.75 Å². The molecule has 1 atom stereocenters. The first-order valence-corrected chi connectivity index (χ1v) is 7.91. The molecule has 2 aromatic carbocycles. The molecule has 0 aliphatic heterocycles. The number of hydrogen-bond donors (Lipinski definition) is 0. The molecule has 0 N–H and O–H groups in total. The minimum Gasteiger partial charge on any atom is -0.497 e. The minimum absolute atomic E-state index is 0.171. The van der Waals surface area contributed by atoms with Gasteiger partial charge in [-0.2, -0.15) is 0 Å². The van der Waals surface area contributed by atoms with E-state index < -0.39 is 0 Å². The fourth-order valence-corrected chi connectivity index (χ4v) is 3.38. The van der Waals surface area contributed by atoms with Crippen LogP contribution in [-0.4, -0.2) is 7.11 Å². The van der Waals surface area contributed by atoms with Crippen LogP contribution in [0.4, 0.5) is 0 Å². The van der Waals surface area contributed by atoms with Crippen molar-refractivity contribution in [3.63, 3.8) is 0 Å². The smallest absolute Gasteiger partial charge is 0.119 e. The molecule has 1 nitrogen and oxygen atoms in total. The number of halogens is 3. The summed E-state index contributed by atoms with van der Waals surface area (Å²) >= 11 is 13.4. The summed E-state index contributed by atoms with van der Waals surface area (Å²) < 4.78 is 6.27. The zero-order chi connectivity index (χ0) is 13.8. The van der Waals surface area contributed by atoms with Gasteiger partial charge in [-0.25, -0.2) is 0 Å². The van der Waals surface area contributed by atoms with Crippen LogP contribution in [0.25, 0.3) is 0 Å². The van der Waals surface area contributed by atoms with Gasteiger partial charge < -0.3 is 4.74 Å². The van der Waals surface area contributed by atoms with Gasteiger partial charge in [0.05, 0.1) is 7.11 Å². The summed E-state index contributed by atoms with van der Waals surface area (Å²) in [6.07, 6.45) is 0.855. The Morgan fingerprint density at radius 2 is 2.00 bits per heavy atom. The van der Waals surface area contributed by atoms with Gasteiger partial charge in [-0.3, -0.25) is 0 Å². The summed E-state index contributed by atoms with van der Waals surface area (Å²) in [7, 11) is 1.68. The maximum Gasteiger partial charge on any atom is 0.119 e. The van der Waals surface area contributed by atoms with E-state index in [9.17, 15) is 0 Å². The molecule has 2 aromatic rings. The van der Waals surface area contributed by atoms with Gasteiger partial charge in [-0.1, -0.05) is 55.6 Å². The molecule has 0 radical (unpaired) electrons. The van der Waals surface area contributed by atoms with Crippen LogP contribution in [-0.2, 0) is 6.42 Å². The monoisotopic (exact) mass is 402 g/mol. The second-order valence-corrected chi connectivity index (χ2v) is 6.62. The molecule has 4 heteroatoms. The van der Waals surface area contributed by atoms with Gasteiger partial charge in [0, 0.05) is 14.3 Å². The lowest BCUT2D eigenvalue weighted by Crippen LogP contribution is -1.97. The van der Waals surface area contributed by atoms with E-state index in [-0.39, 0.29) is 4.83 Å². The molecule has 2 rings (SSSR count). The molecule has 0 aliphatic carbocycles. The molecule has 1 unspecified atom stereocenters. The molecular weight excluding hydrogens is 391 g/mol. The Morgan fingerprint density at radius 1 is 1.21 bits per heavy atom. The fourth-order valence-electron chi connectivity index (χ4n) is 1.87. The van der Waals surface area contributed by atoms with Gasteiger partial charge in [0.15, 0.2) is 0 Å². The minimum atomic E-state index is 0.171. The molecular formula is C15H13Br2ClO. The molecule has 100 valence electrons. The van der Waals surface area contributed by atoms with Crippen molar-refractivity contribution in [1.82, 2.24) is 0 Å². The standard InChI is InChI=1S/C15H13Br2ClO/c1-19-12-4-2-3-10(7-12)8-14(17)13-9-11(16)5-6-15(13)18/h2-7,9,14H,8H2,1H3. The van der Waals surface area contributed by atoms with Crippen molar-refractivity contribution in [2.75, 3.05) is 7.11 Å². The van der Waals surface area contributed by atoms with Crippen LogP contribution in [0.5, 0.6) is 5.75 Å². The molecule has 0 fully saturated rings. The fraction of sp³-hybridized carbons (Fsp3) is 0.200. The zero-order valence-electron chi connectivity index (χ0n) is 10.4. The summed E-state index contributed by atoms with van der Waals surface area (Å²) in [4.78, 5) is 0.171. The number of alkyl halides is 1. The quantitative estimate of drug-likeness (QED) is 0.586. The third-order valence-electron chi connectivity index (χ3n) is 2.84. The van der Waals surface area contributed by atoms with Crippen LogP contribution in [0.2, 0.25) is 5.02 Å². The van der Waals surface area contributed by atoms with E-state index in [0.717, 1.165) is 27.2 Å². The first kappa shape index (κ1) is 14.9. The van der Waals surface area contributed by atoms with Crippen LogP contribution in [0.1, 0.15) is 16.0 Å². The van der Waals surface area contributed by atoms with Crippen molar-refractivity contribution in [1.29, 1.82) is 0 Å². The number of methoxy groups -OCH3 is 1. The number of benzene rings is 2. The highest BCUT2D eigenvalue weighted by molar-refractivity contribution is 9.10. The first-order chi connectivity index (χ1) is 9.10. The maximum atomic E-state index is 6.24. The normalized spacial score (nSPS) is 12.2. The summed E-state index contributed by atoms with van der Waals surface area (Å²) in [5.41, 5.74) is 2.29. The van der Waals surface area contributed by atoms with Crippen LogP contribution in [0.15, 0.2) is 46.9 Å². The molecule has 0 heterocycles. The van der Waals surface area contributed by atoms with E-state index in [0.29, 0.717) is 0 Å². The predicted molar refractivity (Wildman–Crippen MR) is 87.5 cm³/mol. The third-order valence-corrected chi connectivity index (χ3v) is 4.50. The number of hydrogen-bond acceptors (Lipinski definition) is 1. The van der Waals surface area contributed by atoms with E-state index in [2.05, 4.69) is 37.9 Å². The lowest BCUT2D eigenvalue weighted by Gasteiger charge is -2.13. The van der Waals surface area contributed by atoms with E-state index in [1.165, 1.54) is 5.56 Å². The van der Waals surface area contributed by atoms with Gasteiger partial charge in [-0.15, -0.1) is 0 Å². The van der Waals surface area contributed by atoms with Crippen LogP contribution in [0, 0.1) is 0 Å². The number of ether oxygens (including phenoxy) is 1. The Morgan fingerprint density at radius 3 is 2.74 bits per heavy atom. The highest BCUT2D eigenvalue weighted by atomic mass is 79.9. The van der Waals surface area contributed by atoms with Crippen LogP contribution in [0.3, 0.4) is 0 Å². The average Bonchev–Trinajstić information content (AvgIpc) is 2.41. The third kappa shape index (κ3) is 3.98. The Balaban J connectivity index is 2.20.